The fraction of sp³-hybridized carbons (Fsp3) is 0.222. The highest BCUT2D eigenvalue weighted by Gasteiger charge is 2.37. The number of benzene rings is 2. The molecule has 0 saturated heterocycles. The van der Waals surface area contributed by atoms with E-state index in [1.54, 1.807) is 0 Å². The number of hydrogen-bond acceptors (Lipinski definition) is 3. The Hall–Kier alpha value is -2.28. The van der Waals surface area contributed by atoms with Crippen molar-refractivity contribution in [2.45, 2.75) is 11.9 Å². The maximum absolute atomic E-state index is 13.2. The summed E-state index contributed by atoms with van der Waals surface area (Å²) in [6.45, 7) is 0.694. The first-order chi connectivity index (χ1) is 12.0. The van der Waals surface area contributed by atoms with Gasteiger partial charge in [-0.3, -0.25) is 14.7 Å². The molecular formula is C18H15F3N2OS. The van der Waals surface area contributed by atoms with Crippen molar-refractivity contribution in [3.05, 3.63) is 71.3 Å². The highest BCUT2D eigenvalue weighted by atomic mass is 32.2. The third kappa shape index (κ3) is 4.04. The van der Waals surface area contributed by atoms with Crippen molar-refractivity contribution in [3.8, 4) is 0 Å². The van der Waals surface area contributed by atoms with Gasteiger partial charge in [0, 0.05) is 12.3 Å². The molecule has 0 saturated carbocycles. The molecule has 1 heterocycles. The highest BCUT2D eigenvalue weighted by molar-refractivity contribution is 8.13. The van der Waals surface area contributed by atoms with Gasteiger partial charge in [-0.25, -0.2) is 0 Å². The molecule has 2 aromatic carbocycles. The molecule has 0 bridgehead atoms. The molecule has 0 unspecified atom stereocenters. The number of halogens is 3. The number of thioether (sulfide) groups is 1. The van der Waals surface area contributed by atoms with Gasteiger partial charge >= 0.3 is 6.18 Å². The second kappa shape index (κ2) is 7.31. The first-order valence-corrected chi connectivity index (χ1v) is 8.64. The molecule has 2 aromatic rings. The predicted octanol–water partition coefficient (Wildman–Crippen LogP) is 4.45. The zero-order chi connectivity index (χ0) is 17.9. The van der Waals surface area contributed by atoms with E-state index in [2.05, 4.69) is 4.99 Å². The molecule has 0 radical (unpaired) electrons. The number of rotatable bonds is 3. The molecule has 1 aliphatic rings. The summed E-state index contributed by atoms with van der Waals surface area (Å²) >= 11 is 1.36. The zero-order valence-corrected chi connectivity index (χ0v) is 14.0. The smallest absolute Gasteiger partial charge is 0.286 e. The summed E-state index contributed by atoms with van der Waals surface area (Å²) in [5.41, 5.74) is -0.200. The van der Waals surface area contributed by atoms with Gasteiger partial charge in [-0.15, -0.1) is 0 Å². The van der Waals surface area contributed by atoms with E-state index in [4.69, 9.17) is 0 Å². The minimum absolute atomic E-state index is 0.294. The van der Waals surface area contributed by atoms with E-state index >= 15 is 0 Å². The van der Waals surface area contributed by atoms with Gasteiger partial charge in [0.25, 0.3) is 5.91 Å². The molecule has 0 atom stereocenters. The van der Waals surface area contributed by atoms with Crippen LogP contribution < -0.4 is 0 Å². The molecule has 0 fully saturated rings. The minimum atomic E-state index is -4.57. The number of hydrogen-bond donors (Lipinski definition) is 0. The fourth-order valence-corrected chi connectivity index (χ4v) is 3.52. The second-order valence-corrected chi connectivity index (χ2v) is 6.38. The van der Waals surface area contributed by atoms with Crippen LogP contribution in [0.25, 0.3) is 0 Å². The number of amidine groups is 1. The number of carbonyl (C=O) groups is 1. The summed E-state index contributed by atoms with van der Waals surface area (Å²) in [5, 5.41) is 0.464. The van der Waals surface area contributed by atoms with Gasteiger partial charge in [-0.05, 0) is 17.7 Å². The van der Waals surface area contributed by atoms with Gasteiger partial charge in [-0.1, -0.05) is 54.2 Å². The lowest BCUT2D eigenvalue weighted by atomic mass is 10.1. The normalized spacial score (nSPS) is 14.5. The first-order valence-electron chi connectivity index (χ1n) is 7.66. The Bertz CT molecular complexity index is 790. The number of nitrogens with zero attached hydrogens (tertiary/aromatic N) is 2. The maximum Gasteiger partial charge on any atom is 0.417 e. The SMILES string of the molecule is O=C(c1ccccc1C(F)(F)F)N1CCN=C1SCc1ccccc1. The van der Waals surface area contributed by atoms with Crippen molar-refractivity contribution in [2.75, 3.05) is 13.1 Å². The van der Waals surface area contributed by atoms with Crippen LogP contribution in [0.4, 0.5) is 13.2 Å². The Morgan fingerprint density at radius 2 is 1.76 bits per heavy atom. The molecule has 3 nitrogen and oxygen atoms in total. The van der Waals surface area contributed by atoms with Crippen LogP contribution in [-0.2, 0) is 11.9 Å². The van der Waals surface area contributed by atoms with Crippen LogP contribution in [-0.4, -0.2) is 29.1 Å². The molecule has 0 aromatic heterocycles. The Kier molecular flexibility index (Phi) is 5.13. The summed E-state index contributed by atoms with van der Waals surface area (Å²) in [4.78, 5) is 18.3. The van der Waals surface area contributed by atoms with E-state index in [0.29, 0.717) is 24.0 Å². The molecule has 130 valence electrons. The van der Waals surface area contributed by atoms with Crippen molar-refractivity contribution in [1.29, 1.82) is 0 Å². The van der Waals surface area contributed by atoms with Crippen LogP contribution in [0.3, 0.4) is 0 Å². The number of carbonyl (C=O) groups excluding carboxylic acids is 1. The van der Waals surface area contributed by atoms with Crippen molar-refractivity contribution >= 4 is 22.8 Å². The molecular weight excluding hydrogens is 349 g/mol. The lowest BCUT2D eigenvalue weighted by Gasteiger charge is -2.20. The molecule has 7 heteroatoms. The summed E-state index contributed by atoms with van der Waals surface area (Å²) in [6, 6.07) is 14.5. The molecule has 1 amide bonds. The summed E-state index contributed by atoms with van der Waals surface area (Å²) < 4.78 is 39.5. The number of aliphatic imine (C=N–C) groups is 1. The van der Waals surface area contributed by atoms with Crippen molar-refractivity contribution in [3.63, 3.8) is 0 Å². The van der Waals surface area contributed by atoms with Gasteiger partial charge in [0.1, 0.15) is 0 Å². The monoisotopic (exact) mass is 364 g/mol. The van der Waals surface area contributed by atoms with Crippen LogP contribution in [0.2, 0.25) is 0 Å². The van der Waals surface area contributed by atoms with E-state index in [-0.39, 0.29) is 5.56 Å². The molecule has 3 rings (SSSR count). The third-order valence-electron chi connectivity index (χ3n) is 3.72. The van der Waals surface area contributed by atoms with Crippen molar-refractivity contribution in [1.82, 2.24) is 4.90 Å². The molecule has 0 spiro atoms. The van der Waals surface area contributed by atoms with E-state index < -0.39 is 17.6 Å². The Morgan fingerprint density at radius 1 is 1.08 bits per heavy atom. The van der Waals surface area contributed by atoms with Gasteiger partial charge < -0.3 is 0 Å². The molecule has 0 N–H and O–H groups in total. The van der Waals surface area contributed by atoms with Gasteiger partial charge in [0.15, 0.2) is 5.17 Å². The van der Waals surface area contributed by atoms with Crippen molar-refractivity contribution in [2.24, 2.45) is 4.99 Å². The molecule has 25 heavy (non-hydrogen) atoms. The van der Waals surface area contributed by atoms with Crippen molar-refractivity contribution < 1.29 is 18.0 Å². The van der Waals surface area contributed by atoms with Gasteiger partial charge in [0.2, 0.25) is 0 Å². The lowest BCUT2D eigenvalue weighted by molar-refractivity contribution is -0.138. The van der Waals surface area contributed by atoms with E-state index in [1.807, 2.05) is 30.3 Å². The second-order valence-electron chi connectivity index (χ2n) is 5.44. The van der Waals surface area contributed by atoms with Crippen LogP contribution >= 0.6 is 11.8 Å². The fourth-order valence-electron chi connectivity index (χ4n) is 2.52. The van der Waals surface area contributed by atoms with Crippen LogP contribution in [0, 0.1) is 0 Å². The van der Waals surface area contributed by atoms with Gasteiger partial charge in [0.05, 0.1) is 17.7 Å². The summed E-state index contributed by atoms with van der Waals surface area (Å²) in [5.74, 6) is -0.0607. The van der Waals surface area contributed by atoms with E-state index in [1.165, 1.54) is 34.9 Å². The first kappa shape index (κ1) is 17.5. The number of amides is 1. The largest absolute Gasteiger partial charge is 0.417 e. The summed E-state index contributed by atoms with van der Waals surface area (Å²) in [6.07, 6.45) is -4.57. The lowest BCUT2D eigenvalue weighted by Crippen LogP contribution is -2.34. The zero-order valence-electron chi connectivity index (χ0n) is 13.2. The van der Waals surface area contributed by atoms with Crippen LogP contribution in [0.15, 0.2) is 59.6 Å². The predicted molar refractivity (Wildman–Crippen MR) is 92.5 cm³/mol. The van der Waals surface area contributed by atoms with E-state index in [9.17, 15) is 18.0 Å². The third-order valence-corrected chi connectivity index (χ3v) is 4.81. The molecule has 0 aliphatic carbocycles. The van der Waals surface area contributed by atoms with Gasteiger partial charge in [-0.2, -0.15) is 13.2 Å². The maximum atomic E-state index is 13.2. The van der Waals surface area contributed by atoms with Crippen LogP contribution in [0.1, 0.15) is 21.5 Å². The highest BCUT2D eigenvalue weighted by Crippen LogP contribution is 2.33. The Labute approximate surface area is 147 Å². The molecule has 1 aliphatic heterocycles. The van der Waals surface area contributed by atoms with E-state index in [0.717, 1.165) is 11.6 Å². The Morgan fingerprint density at radius 3 is 2.48 bits per heavy atom. The average Bonchev–Trinajstić information content (AvgIpc) is 3.08. The topological polar surface area (TPSA) is 32.7 Å². The Balaban J connectivity index is 1.77. The standard InChI is InChI=1S/C18H15F3N2OS/c19-18(20,21)15-9-5-4-8-14(15)16(24)23-11-10-22-17(23)25-12-13-6-2-1-3-7-13/h1-9H,10-12H2. The number of alkyl halides is 3. The minimum Gasteiger partial charge on any atom is -0.286 e. The van der Waals surface area contributed by atoms with Crippen LogP contribution in [0.5, 0.6) is 0 Å². The quantitative estimate of drug-likeness (QED) is 0.806. The summed E-state index contributed by atoms with van der Waals surface area (Å²) in [7, 11) is 0. The average molecular weight is 364 g/mol.